The summed E-state index contributed by atoms with van der Waals surface area (Å²) in [6.45, 7) is 1.13. The van der Waals surface area contributed by atoms with Gasteiger partial charge in [0, 0.05) is 25.2 Å². The van der Waals surface area contributed by atoms with Crippen molar-refractivity contribution in [3.05, 3.63) is 29.8 Å². The molecular formula is C13H20N4O3S. The van der Waals surface area contributed by atoms with Crippen LogP contribution < -0.4 is 10.5 Å². The average molecular weight is 312 g/mol. The number of nitrogens with one attached hydrogen (secondary N) is 1. The van der Waals surface area contributed by atoms with Crippen molar-refractivity contribution in [2.24, 2.45) is 10.9 Å². The molecule has 0 aliphatic carbocycles. The zero-order chi connectivity index (χ0) is 15.3. The molecule has 8 heteroatoms. The Morgan fingerprint density at radius 1 is 1.24 bits per heavy atom. The minimum Gasteiger partial charge on any atom is -0.409 e. The molecule has 1 heterocycles. The molecule has 21 heavy (non-hydrogen) atoms. The van der Waals surface area contributed by atoms with Crippen LogP contribution in [0.25, 0.3) is 0 Å². The highest BCUT2D eigenvalue weighted by molar-refractivity contribution is 7.90. The number of nitrogens with zero attached hydrogens (tertiary/aromatic N) is 2. The maximum atomic E-state index is 12.2. The predicted octanol–water partition coefficient (Wildman–Crippen LogP) is 1.12. The standard InChI is InChI=1S/C13H20N4O3S/c14-13(15-18)10-11-4-6-12(7-5-11)16-21(19,20)17-8-2-1-3-9-17/h4-7,16,18H,1-3,8-10H2,(H2,14,15). The third kappa shape index (κ3) is 4.33. The Bertz CT molecular complexity index is 592. The first kappa shape index (κ1) is 15.6. The third-order valence-electron chi connectivity index (χ3n) is 3.37. The normalized spacial score (nSPS) is 17.6. The van der Waals surface area contributed by atoms with Crippen LogP contribution in [0.2, 0.25) is 0 Å². The topological polar surface area (TPSA) is 108 Å². The van der Waals surface area contributed by atoms with E-state index in [-0.39, 0.29) is 5.84 Å². The monoisotopic (exact) mass is 312 g/mol. The second-order valence-corrected chi connectivity index (χ2v) is 6.70. The van der Waals surface area contributed by atoms with Gasteiger partial charge in [-0.25, -0.2) is 0 Å². The van der Waals surface area contributed by atoms with Crippen LogP contribution in [0.4, 0.5) is 5.69 Å². The maximum absolute atomic E-state index is 12.2. The highest BCUT2D eigenvalue weighted by atomic mass is 32.2. The summed E-state index contributed by atoms with van der Waals surface area (Å²) in [6, 6.07) is 6.82. The van der Waals surface area contributed by atoms with E-state index in [1.165, 1.54) is 4.31 Å². The van der Waals surface area contributed by atoms with E-state index in [9.17, 15) is 8.42 Å². The van der Waals surface area contributed by atoms with E-state index in [2.05, 4.69) is 9.88 Å². The van der Waals surface area contributed by atoms with Gasteiger partial charge in [0.05, 0.1) is 0 Å². The van der Waals surface area contributed by atoms with Crippen molar-refractivity contribution in [1.29, 1.82) is 0 Å². The van der Waals surface area contributed by atoms with E-state index in [1.54, 1.807) is 24.3 Å². The van der Waals surface area contributed by atoms with Crippen molar-refractivity contribution in [1.82, 2.24) is 4.31 Å². The minimum atomic E-state index is -3.48. The Labute approximate surface area is 124 Å². The number of piperidine rings is 1. The quantitative estimate of drug-likeness (QED) is 0.327. The van der Waals surface area contributed by atoms with Crippen LogP contribution in [-0.4, -0.2) is 36.9 Å². The number of benzene rings is 1. The van der Waals surface area contributed by atoms with Gasteiger partial charge in [-0.15, -0.1) is 0 Å². The number of anilines is 1. The second-order valence-electron chi connectivity index (χ2n) is 5.03. The smallest absolute Gasteiger partial charge is 0.301 e. The summed E-state index contributed by atoms with van der Waals surface area (Å²) in [5.74, 6) is 0.108. The molecule has 0 aromatic heterocycles. The van der Waals surface area contributed by atoms with E-state index in [0.717, 1.165) is 24.8 Å². The molecule has 0 atom stereocenters. The lowest BCUT2D eigenvalue weighted by Gasteiger charge is -2.26. The molecule has 1 aliphatic rings. The van der Waals surface area contributed by atoms with Gasteiger partial charge >= 0.3 is 10.2 Å². The van der Waals surface area contributed by atoms with Crippen molar-refractivity contribution in [3.8, 4) is 0 Å². The van der Waals surface area contributed by atoms with Crippen molar-refractivity contribution in [2.45, 2.75) is 25.7 Å². The van der Waals surface area contributed by atoms with Crippen LogP contribution in [0.5, 0.6) is 0 Å². The van der Waals surface area contributed by atoms with Crippen LogP contribution >= 0.6 is 0 Å². The fourth-order valence-electron chi connectivity index (χ4n) is 2.25. The van der Waals surface area contributed by atoms with Gasteiger partial charge < -0.3 is 10.9 Å². The van der Waals surface area contributed by atoms with Crippen LogP contribution in [-0.2, 0) is 16.6 Å². The minimum absolute atomic E-state index is 0.108. The Morgan fingerprint density at radius 3 is 2.43 bits per heavy atom. The molecule has 0 amide bonds. The molecule has 1 fully saturated rings. The van der Waals surface area contributed by atoms with Crippen molar-refractivity contribution < 1.29 is 13.6 Å². The molecule has 0 bridgehead atoms. The van der Waals surface area contributed by atoms with Crippen LogP contribution in [0, 0.1) is 0 Å². The molecule has 116 valence electrons. The van der Waals surface area contributed by atoms with Crippen LogP contribution in [0.1, 0.15) is 24.8 Å². The number of nitrogens with two attached hydrogens (primary N) is 1. The number of hydrogen-bond acceptors (Lipinski definition) is 4. The molecule has 0 saturated carbocycles. The third-order valence-corrected chi connectivity index (χ3v) is 4.91. The largest absolute Gasteiger partial charge is 0.409 e. The highest BCUT2D eigenvalue weighted by Gasteiger charge is 2.23. The molecule has 4 N–H and O–H groups in total. The molecule has 1 aliphatic heterocycles. The maximum Gasteiger partial charge on any atom is 0.301 e. The fourth-order valence-corrected chi connectivity index (χ4v) is 3.56. The predicted molar refractivity (Wildman–Crippen MR) is 81.5 cm³/mol. The van der Waals surface area contributed by atoms with E-state index in [4.69, 9.17) is 10.9 Å². The van der Waals surface area contributed by atoms with Crippen molar-refractivity contribution >= 4 is 21.7 Å². The number of rotatable bonds is 5. The van der Waals surface area contributed by atoms with Gasteiger partial charge in [0.15, 0.2) is 0 Å². The second kappa shape index (κ2) is 6.77. The van der Waals surface area contributed by atoms with E-state index < -0.39 is 10.2 Å². The van der Waals surface area contributed by atoms with Gasteiger partial charge in [-0.2, -0.15) is 12.7 Å². The average Bonchev–Trinajstić information content (AvgIpc) is 2.50. The van der Waals surface area contributed by atoms with E-state index >= 15 is 0 Å². The summed E-state index contributed by atoms with van der Waals surface area (Å²) < 4.78 is 28.5. The summed E-state index contributed by atoms with van der Waals surface area (Å²) in [5, 5.41) is 11.4. The Morgan fingerprint density at radius 2 is 1.86 bits per heavy atom. The molecular weight excluding hydrogens is 292 g/mol. The van der Waals surface area contributed by atoms with Crippen LogP contribution in [0.3, 0.4) is 0 Å². The first-order valence-corrected chi connectivity index (χ1v) is 8.28. The molecule has 0 radical (unpaired) electrons. The zero-order valence-electron chi connectivity index (χ0n) is 11.7. The molecule has 0 spiro atoms. The Kier molecular flexibility index (Phi) is 5.03. The summed E-state index contributed by atoms with van der Waals surface area (Å²) in [5.41, 5.74) is 6.77. The van der Waals surface area contributed by atoms with Gasteiger partial charge in [-0.3, -0.25) is 4.72 Å². The first-order chi connectivity index (χ1) is 10.0. The summed E-state index contributed by atoms with van der Waals surface area (Å²) >= 11 is 0. The molecule has 0 unspecified atom stereocenters. The fraction of sp³-hybridized carbons (Fsp3) is 0.462. The molecule has 1 aromatic carbocycles. The SMILES string of the molecule is NC(Cc1ccc(NS(=O)(=O)N2CCCCC2)cc1)=NO. The van der Waals surface area contributed by atoms with Gasteiger partial charge in [0.25, 0.3) is 0 Å². The number of oxime groups is 1. The lowest BCUT2D eigenvalue weighted by atomic mass is 10.1. The Balaban J connectivity index is 2.02. The van der Waals surface area contributed by atoms with E-state index in [1.807, 2.05) is 0 Å². The first-order valence-electron chi connectivity index (χ1n) is 6.84. The molecule has 2 rings (SSSR count). The number of hydrogen-bond donors (Lipinski definition) is 3. The van der Waals surface area contributed by atoms with Gasteiger partial charge in [-0.05, 0) is 30.5 Å². The van der Waals surface area contributed by atoms with Crippen molar-refractivity contribution in [3.63, 3.8) is 0 Å². The highest BCUT2D eigenvalue weighted by Crippen LogP contribution is 2.17. The summed E-state index contributed by atoms with van der Waals surface area (Å²) in [6.07, 6.45) is 3.20. The lowest BCUT2D eigenvalue weighted by molar-refractivity contribution is 0.317. The summed E-state index contributed by atoms with van der Waals surface area (Å²) in [7, 11) is -3.48. The Hall–Kier alpha value is -1.80. The van der Waals surface area contributed by atoms with E-state index in [0.29, 0.717) is 25.2 Å². The molecule has 7 nitrogen and oxygen atoms in total. The zero-order valence-corrected chi connectivity index (χ0v) is 12.5. The molecule has 1 aromatic rings. The van der Waals surface area contributed by atoms with Gasteiger partial charge in [0.2, 0.25) is 0 Å². The number of amidine groups is 1. The summed E-state index contributed by atoms with van der Waals surface area (Å²) in [4.78, 5) is 0. The van der Waals surface area contributed by atoms with Gasteiger partial charge in [-0.1, -0.05) is 23.7 Å². The van der Waals surface area contributed by atoms with Gasteiger partial charge in [0.1, 0.15) is 5.84 Å². The van der Waals surface area contributed by atoms with Crippen molar-refractivity contribution in [2.75, 3.05) is 17.8 Å². The lowest BCUT2D eigenvalue weighted by Crippen LogP contribution is -2.39. The van der Waals surface area contributed by atoms with Crippen LogP contribution in [0.15, 0.2) is 29.4 Å². The molecule has 1 saturated heterocycles.